The van der Waals surface area contributed by atoms with E-state index in [1.807, 2.05) is 0 Å². The lowest BCUT2D eigenvalue weighted by atomic mass is 9.73. The highest BCUT2D eigenvalue weighted by Gasteiger charge is 2.28. The molecule has 0 radical (unpaired) electrons. The summed E-state index contributed by atoms with van der Waals surface area (Å²) in [6.07, 6.45) is 4.97. The van der Waals surface area contributed by atoms with Gasteiger partial charge in [0.15, 0.2) is 0 Å². The van der Waals surface area contributed by atoms with Crippen LogP contribution in [0.3, 0.4) is 0 Å². The summed E-state index contributed by atoms with van der Waals surface area (Å²) >= 11 is 0. The molecule has 1 saturated carbocycles. The Labute approximate surface area is 92.7 Å². The van der Waals surface area contributed by atoms with Gasteiger partial charge >= 0.3 is 0 Å². The van der Waals surface area contributed by atoms with Gasteiger partial charge in [0.1, 0.15) is 0 Å². The van der Waals surface area contributed by atoms with Crippen molar-refractivity contribution in [3.63, 3.8) is 0 Å². The van der Waals surface area contributed by atoms with Crippen molar-refractivity contribution in [3.05, 3.63) is 35.9 Å². The average molecular weight is 203 g/mol. The number of hydrogen-bond acceptors (Lipinski definition) is 1. The maximum absolute atomic E-state index is 6.08. The number of hydrogen-bond donors (Lipinski definition) is 1. The summed E-state index contributed by atoms with van der Waals surface area (Å²) in [6.45, 7) is 2.30. The van der Waals surface area contributed by atoms with Gasteiger partial charge in [-0.1, -0.05) is 43.7 Å². The Morgan fingerprint density at radius 1 is 1.20 bits per heavy atom. The zero-order valence-corrected chi connectivity index (χ0v) is 9.52. The monoisotopic (exact) mass is 203 g/mol. The molecule has 3 unspecified atom stereocenters. The molecule has 0 saturated heterocycles. The molecule has 1 aromatic carbocycles. The van der Waals surface area contributed by atoms with Crippen LogP contribution in [0.15, 0.2) is 30.3 Å². The number of nitrogens with two attached hydrogens (primary N) is 1. The second kappa shape index (κ2) is 4.80. The Balaban J connectivity index is 2.17. The quantitative estimate of drug-likeness (QED) is 0.784. The first kappa shape index (κ1) is 10.7. The Morgan fingerprint density at radius 3 is 2.60 bits per heavy atom. The van der Waals surface area contributed by atoms with Gasteiger partial charge in [0.25, 0.3) is 0 Å². The Morgan fingerprint density at radius 2 is 1.93 bits per heavy atom. The maximum Gasteiger partial charge on any atom is 0.00448 e. The first-order valence-electron chi connectivity index (χ1n) is 6.11. The van der Waals surface area contributed by atoms with E-state index in [1.165, 1.54) is 31.2 Å². The molecule has 2 rings (SSSR count). The van der Waals surface area contributed by atoms with Crippen LogP contribution in [0.25, 0.3) is 0 Å². The predicted molar refractivity (Wildman–Crippen MR) is 64.8 cm³/mol. The molecule has 1 heteroatoms. The summed E-state index contributed by atoms with van der Waals surface area (Å²) < 4.78 is 0. The molecule has 1 nitrogen and oxygen atoms in total. The minimum Gasteiger partial charge on any atom is -0.328 e. The molecular weight excluding hydrogens is 182 g/mol. The second-order valence-corrected chi connectivity index (χ2v) is 4.76. The van der Waals surface area contributed by atoms with E-state index in [1.54, 1.807) is 0 Å². The molecule has 1 aliphatic carbocycles. The molecule has 1 fully saturated rings. The van der Waals surface area contributed by atoms with Crippen molar-refractivity contribution in [2.24, 2.45) is 11.7 Å². The van der Waals surface area contributed by atoms with Crippen molar-refractivity contribution in [1.82, 2.24) is 0 Å². The van der Waals surface area contributed by atoms with Crippen LogP contribution < -0.4 is 5.73 Å². The third-order valence-electron chi connectivity index (χ3n) is 3.79. The number of rotatable bonds is 2. The highest BCUT2D eigenvalue weighted by Crippen LogP contribution is 2.38. The van der Waals surface area contributed by atoms with Gasteiger partial charge in [-0.15, -0.1) is 0 Å². The normalized spacial score (nSPS) is 31.5. The third kappa shape index (κ3) is 2.40. The van der Waals surface area contributed by atoms with Crippen LogP contribution in [-0.2, 0) is 0 Å². The van der Waals surface area contributed by atoms with Crippen molar-refractivity contribution >= 4 is 0 Å². The molecule has 0 bridgehead atoms. The van der Waals surface area contributed by atoms with E-state index in [4.69, 9.17) is 5.73 Å². The molecule has 0 heterocycles. The van der Waals surface area contributed by atoms with Gasteiger partial charge in [-0.2, -0.15) is 0 Å². The fourth-order valence-corrected chi connectivity index (χ4v) is 2.86. The third-order valence-corrected chi connectivity index (χ3v) is 3.79. The van der Waals surface area contributed by atoms with Crippen molar-refractivity contribution in [3.8, 4) is 0 Å². The zero-order chi connectivity index (χ0) is 10.7. The largest absolute Gasteiger partial charge is 0.328 e. The first-order valence-corrected chi connectivity index (χ1v) is 6.11. The molecule has 1 aromatic rings. The minimum absolute atomic E-state index is 0.415. The fraction of sp³-hybridized carbons (Fsp3) is 0.571. The molecule has 0 aromatic heterocycles. The molecule has 2 N–H and O–H groups in total. The molecule has 1 aliphatic rings. The Kier molecular flexibility index (Phi) is 3.42. The molecule has 15 heavy (non-hydrogen) atoms. The SMILES string of the molecule is CCC1CCC(N)CC1c1ccccc1. The van der Waals surface area contributed by atoms with Crippen LogP contribution >= 0.6 is 0 Å². The predicted octanol–water partition coefficient (Wildman–Crippen LogP) is 3.31. The standard InChI is InChI=1S/C14H21N/c1-2-11-8-9-13(15)10-14(11)12-6-4-3-5-7-12/h3-7,11,13-14H,2,8-10,15H2,1H3. The van der Waals surface area contributed by atoms with Crippen LogP contribution in [0.1, 0.15) is 44.1 Å². The van der Waals surface area contributed by atoms with Crippen molar-refractivity contribution in [2.45, 2.75) is 44.6 Å². The van der Waals surface area contributed by atoms with E-state index in [0.717, 1.165) is 5.92 Å². The van der Waals surface area contributed by atoms with Crippen LogP contribution in [-0.4, -0.2) is 6.04 Å². The van der Waals surface area contributed by atoms with Crippen LogP contribution in [0.2, 0.25) is 0 Å². The van der Waals surface area contributed by atoms with Gasteiger partial charge < -0.3 is 5.73 Å². The molecule has 3 atom stereocenters. The van der Waals surface area contributed by atoms with Crippen molar-refractivity contribution in [2.75, 3.05) is 0 Å². The molecule has 82 valence electrons. The number of benzene rings is 1. The summed E-state index contributed by atoms with van der Waals surface area (Å²) in [5, 5.41) is 0. The molecule has 0 spiro atoms. The maximum atomic E-state index is 6.08. The summed E-state index contributed by atoms with van der Waals surface area (Å²) in [5.74, 6) is 1.53. The summed E-state index contributed by atoms with van der Waals surface area (Å²) in [6, 6.07) is 11.3. The van der Waals surface area contributed by atoms with E-state index in [-0.39, 0.29) is 0 Å². The van der Waals surface area contributed by atoms with Gasteiger partial charge in [-0.3, -0.25) is 0 Å². The van der Waals surface area contributed by atoms with E-state index in [0.29, 0.717) is 12.0 Å². The summed E-state index contributed by atoms with van der Waals surface area (Å²) in [4.78, 5) is 0. The van der Waals surface area contributed by atoms with Crippen molar-refractivity contribution in [1.29, 1.82) is 0 Å². The molecule has 0 amide bonds. The van der Waals surface area contributed by atoms with E-state index < -0.39 is 0 Å². The van der Waals surface area contributed by atoms with Gasteiger partial charge in [0.2, 0.25) is 0 Å². The van der Waals surface area contributed by atoms with Crippen LogP contribution in [0, 0.1) is 5.92 Å². The highest BCUT2D eigenvalue weighted by atomic mass is 14.6. The first-order chi connectivity index (χ1) is 7.31. The van der Waals surface area contributed by atoms with Crippen molar-refractivity contribution < 1.29 is 0 Å². The topological polar surface area (TPSA) is 26.0 Å². The molecular formula is C14H21N. The fourth-order valence-electron chi connectivity index (χ4n) is 2.86. The average Bonchev–Trinajstić information content (AvgIpc) is 2.30. The minimum atomic E-state index is 0.415. The Hall–Kier alpha value is -0.820. The lowest BCUT2D eigenvalue weighted by Crippen LogP contribution is -2.31. The Bertz CT molecular complexity index is 293. The lowest BCUT2D eigenvalue weighted by Gasteiger charge is -2.34. The summed E-state index contributed by atoms with van der Waals surface area (Å²) in [5.41, 5.74) is 7.57. The van der Waals surface area contributed by atoms with E-state index in [9.17, 15) is 0 Å². The molecule has 0 aliphatic heterocycles. The second-order valence-electron chi connectivity index (χ2n) is 4.76. The van der Waals surface area contributed by atoms with Crippen LogP contribution in [0.4, 0.5) is 0 Å². The van der Waals surface area contributed by atoms with Gasteiger partial charge in [0.05, 0.1) is 0 Å². The van der Waals surface area contributed by atoms with Gasteiger partial charge in [-0.25, -0.2) is 0 Å². The van der Waals surface area contributed by atoms with E-state index in [2.05, 4.69) is 37.3 Å². The van der Waals surface area contributed by atoms with Gasteiger partial charge in [0, 0.05) is 6.04 Å². The van der Waals surface area contributed by atoms with E-state index >= 15 is 0 Å². The smallest absolute Gasteiger partial charge is 0.00448 e. The summed E-state index contributed by atoms with van der Waals surface area (Å²) in [7, 11) is 0. The lowest BCUT2D eigenvalue weighted by molar-refractivity contribution is 0.273. The highest BCUT2D eigenvalue weighted by molar-refractivity contribution is 5.21. The van der Waals surface area contributed by atoms with Crippen LogP contribution in [0.5, 0.6) is 0 Å². The van der Waals surface area contributed by atoms with Gasteiger partial charge in [-0.05, 0) is 36.7 Å². The zero-order valence-electron chi connectivity index (χ0n) is 9.52.